The van der Waals surface area contributed by atoms with Crippen LogP contribution < -0.4 is 16.4 Å². The Kier molecular flexibility index (Phi) is 9.63. The first-order chi connectivity index (χ1) is 14.3. The molecule has 0 aliphatic carbocycles. The highest BCUT2D eigenvalue weighted by molar-refractivity contribution is 5.79. The van der Waals surface area contributed by atoms with E-state index in [0.29, 0.717) is 0 Å². The largest absolute Gasteiger partial charge is 0.369 e. The van der Waals surface area contributed by atoms with Crippen LogP contribution in [0.25, 0.3) is 0 Å². The second-order valence-electron chi connectivity index (χ2n) is 9.35. The number of piperidine rings is 1. The van der Waals surface area contributed by atoms with Crippen LogP contribution in [-0.4, -0.2) is 56.5 Å². The molecule has 1 aromatic carbocycles. The molecule has 168 valence electrons. The molecule has 0 saturated carbocycles. The van der Waals surface area contributed by atoms with Crippen molar-refractivity contribution in [3.8, 4) is 0 Å². The number of likely N-dealkylation sites (tertiary alicyclic amines) is 1. The summed E-state index contributed by atoms with van der Waals surface area (Å²) in [5.74, 6) is 0.803. The van der Waals surface area contributed by atoms with Crippen molar-refractivity contribution in [3.63, 3.8) is 0 Å². The van der Waals surface area contributed by atoms with Crippen molar-refractivity contribution >= 4 is 11.9 Å². The molecule has 6 nitrogen and oxygen atoms in total. The van der Waals surface area contributed by atoms with E-state index in [1.165, 1.54) is 11.1 Å². The van der Waals surface area contributed by atoms with Crippen molar-refractivity contribution in [2.75, 3.05) is 39.8 Å². The molecule has 4 N–H and O–H groups in total. The van der Waals surface area contributed by atoms with Crippen molar-refractivity contribution < 1.29 is 4.79 Å². The van der Waals surface area contributed by atoms with Crippen molar-refractivity contribution in [2.45, 2.75) is 58.3 Å². The monoisotopic (exact) mass is 415 g/mol. The Labute approximate surface area is 182 Å². The number of carbonyl (C=O) groups is 1. The predicted molar refractivity (Wildman–Crippen MR) is 126 cm³/mol. The summed E-state index contributed by atoms with van der Waals surface area (Å²) in [5.41, 5.74) is 8.31. The number of nitrogens with zero attached hydrogens (tertiary/aromatic N) is 2. The molecule has 0 aromatic heterocycles. The van der Waals surface area contributed by atoms with E-state index in [4.69, 9.17) is 5.73 Å². The number of nitrogens with one attached hydrogen (secondary N) is 2. The molecule has 0 radical (unpaired) electrons. The van der Waals surface area contributed by atoms with Crippen LogP contribution in [0.15, 0.2) is 29.3 Å². The fourth-order valence-corrected chi connectivity index (χ4v) is 3.83. The molecule has 0 spiro atoms. The second kappa shape index (κ2) is 11.9. The summed E-state index contributed by atoms with van der Waals surface area (Å²) in [6.45, 7) is 11.6. The van der Waals surface area contributed by atoms with Crippen molar-refractivity contribution in [3.05, 3.63) is 35.4 Å². The van der Waals surface area contributed by atoms with Crippen molar-refractivity contribution in [2.24, 2.45) is 16.6 Å². The average molecular weight is 416 g/mol. The number of hydrogen-bond acceptors (Lipinski definition) is 3. The topological polar surface area (TPSA) is 82.8 Å². The number of benzene rings is 1. The molecule has 0 atom stereocenters. The Bertz CT molecular complexity index is 670. The maximum Gasteiger partial charge on any atom is 0.220 e. The number of unbranched alkanes of at least 4 members (excludes halogenated alkanes) is 1. The summed E-state index contributed by atoms with van der Waals surface area (Å²) < 4.78 is 0. The van der Waals surface area contributed by atoms with Crippen LogP contribution in [0.4, 0.5) is 0 Å². The number of guanidine groups is 1. The van der Waals surface area contributed by atoms with Gasteiger partial charge in [-0.05, 0) is 68.3 Å². The Morgan fingerprint density at radius 3 is 2.30 bits per heavy atom. The molecule has 1 fully saturated rings. The van der Waals surface area contributed by atoms with E-state index < -0.39 is 0 Å². The van der Waals surface area contributed by atoms with E-state index in [0.717, 1.165) is 70.8 Å². The van der Waals surface area contributed by atoms with Gasteiger partial charge in [0.25, 0.3) is 0 Å². The third-order valence-corrected chi connectivity index (χ3v) is 5.93. The third kappa shape index (κ3) is 8.34. The minimum atomic E-state index is -0.139. The van der Waals surface area contributed by atoms with E-state index in [1.54, 1.807) is 0 Å². The van der Waals surface area contributed by atoms with Crippen LogP contribution in [0.2, 0.25) is 0 Å². The minimum absolute atomic E-state index is 0.0775. The average Bonchev–Trinajstić information content (AvgIpc) is 2.72. The molecule has 0 bridgehead atoms. The maximum atomic E-state index is 11.2. The van der Waals surface area contributed by atoms with Gasteiger partial charge in [-0.1, -0.05) is 45.0 Å². The molecule has 1 aromatic rings. The zero-order valence-electron chi connectivity index (χ0n) is 19.3. The number of hydrogen-bond donors (Lipinski definition) is 3. The van der Waals surface area contributed by atoms with Gasteiger partial charge in [-0.25, -0.2) is 0 Å². The third-order valence-electron chi connectivity index (χ3n) is 5.93. The SMILES string of the molecule is CN=C(NCCCCN1CCC(C(N)=O)CC1)NCCc1ccc(C(C)(C)C)cc1. The van der Waals surface area contributed by atoms with E-state index in [9.17, 15) is 4.79 Å². The smallest absolute Gasteiger partial charge is 0.220 e. The lowest BCUT2D eigenvalue weighted by Crippen LogP contribution is -2.40. The number of primary amides is 1. The van der Waals surface area contributed by atoms with Crippen LogP contribution in [0.3, 0.4) is 0 Å². The van der Waals surface area contributed by atoms with Gasteiger partial charge in [-0.2, -0.15) is 0 Å². The van der Waals surface area contributed by atoms with Crippen LogP contribution in [-0.2, 0) is 16.6 Å². The standard InChI is InChI=1S/C24H41N5O/c1-24(2,3)21-9-7-19(8-10-21)11-15-28-23(26-4)27-14-5-6-16-29-17-12-20(13-18-29)22(25)30/h7-10,20H,5-6,11-18H2,1-4H3,(H2,25,30)(H2,26,27,28). The number of aliphatic imine (C=N–C) groups is 1. The van der Waals surface area contributed by atoms with Crippen LogP contribution in [0.1, 0.15) is 57.6 Å². The summed E-state index contributed by atoms with van der Waals surface area (Å²) in [5, 5.41) is 6.81. The summed E-state index contributed by atoms with van der Waals surface area (Å²) >= 11 is 0. The molecule has 1 amide bonds. The van der Waals surface area contributed by atoms with Gasteiger partial charge < -0.3 is 21.3 Å². The number of amides is 1. The van der Waals surface area contributed by atoms with Gasteiger partial charge in [0.15, 0.2) is 5.96 Å². The first-order valence-corrected chi connectivity index (χ1v) is 11.3. The lowest BCUT2D eigenvalue weighted by Gasteiger charge is -2.30. The van der Waals surface area contributed by atoms with Crippen molar-refractivity contribution in [1.29, 1.82) is 0 Å². The minimum Gasteiger partial charge on any atom is -0.369 e. The van der Waals surface area contributed by atoms with Crippen LogP contribution in [0.5, 0.6) is 0 Å². The summed E-state index contributed by atoms with van der Waals surface area (Å²) in [6.07, 6.45) is 5.04. The molecule has 30 heavy (non-hydrogen) atoms. The van der Waals surface area contributed by atoms with Gasteiger partial charge in [-0.3, -0.25) is 9.79 Å². The van der Waals surface area contributed by atoms with Crippen molar-refractivity contribution in [1.82, 2.24) is 15.5 Å². The first kappa shape index (κ1) is 24.2. The molecule has 1 aliphatic heterocycles. The fraction of sp³-hybridized carbons (Fsp3) is 0.667. The molecule has 6 heteroatoms. The van der Waals surface area contributed by atoms with E-state index in [-0.39, 0.29) is 17.2 Å². The Balaban J connectivity index is 1.56. The normalized spacial score (nSPS) is 16.5. The lowest BCUT2D eigenvalue weighted by atomic mass is 9.86. The van der Waals surface area contributed by atoms with Gasteiger partial charge in [0.05, 0.1) is 0 Å². The van der Waals surface area contributed by atoms with Gasteiger partial charge in [-0.15, -0.1) is 0 Å². The molecular formula is C24H41N5O. The van der Waals surface area contributed by atoms with Crippen LogP contribution >= 0.6 is 0 Å². The van der Waals surface area contributed by atoms with E-state index in [1.807, 2.05) is 7.05 Å². The summed E-state index contributed by atoms with van der Waals surface area (Å²) in [4.78, 5) is 18.0. The molecule has 0 unspecified atom stereocenters. The molecule has 2 rings (SSSR count). The van der Waals surface area contributed by atoms with Crippen LogP contribution in [0, 0.1) is 5.92 Å². The van der Waals surface area contributed by atoms with Gasteiger partial charge in [0.2, 0.25) is 5.91 Å². The lowest BCUT2D eigenvalue weighted by molar-refractivity contribution is -0.123. The fourth-order valence-electron chi connectivity index (χ4n) is 3.83. The van der Waals surface area contributed by atoms with Gasteiger partial charge in [0.1, 0.15) is 0 Å². The summed E-state index contributed by atoms with van der Waals surface area (Å²) in [6, 6.07) is 8.92. The van der Waals surface area contributed by atoms with Gasteiger partial charge >= 0.3 is 0 Å². The Hall–Kier alpha value is -2.08. The molecular weight excluding hydrogens is 374 g/mol. The van der Waals surface area contributed by atoms with E-state index in [2.05, 4.69) is 65.6 Å². The number of rotatable bonds is 9. The zero-order valence-corrected chi connectivity index (χ0v) is 19.3. The Morgan fingerprint density at radius 2 is 1.73 bits per heavy atom. The zero-order chi connectivity index (χ0) is 22.0. The summed E-state index contributed by atoms with van der Waals surface area (Å²) in [7, 11) is 1.82. The van der Waals surface area contributed by atoms with E-state index >= 15 is 0 Å². The first-order valence-electron chi connectivity index (χ1n) is 11.3. The molecule has 1 aliphatic rings. The number of carbonyl (C=O) groups excluding carboxylic acids is 1. The quantitative estimate of drug-likeness (QED) is 0.329. The molecule has 1 heterocycles. The highest BCUT2D eigenvalue weighted by Gasteiger charge is 2.22. The highest BCUT2D eigenvalue weighted by Crippen LogP contribution is 2.22. The second-order valence-corrected chi connectivity index (χ2v) is 9.35. The predicted octanol–water partition coefficient (Wildman–Crippen LogP) is 2.67. The highest BCUT2D eigenvalue weighted by atomic mass is 16.1. The molecule has 1 saturated heterocycles. The van der Waals surface area contributed by atoms with Gasteiger partial charge in [0, 0.05) is 26.1 Å². The Morgan fingerprint density at radius 1 is 1.10 bits per heavy atom. The maximum absolute atomic E-state index is 11.2. The number of nitrogens with two attached hydrogens (primary N) is 1.